The van der Waals surface area contributed by atoms with Crippen molar-refractivity contribution in [3.63, 3.8) is 0 Å². The number of imidazole rings is 1. The molecule has 0 N–H and O–H groups in total. The van der Waals surface area contributed by atoms with E-state index in [9.17, 15) is 5.26 Å². The highest BCUT2D eigenvalue weighted by molar-refractivity contribution is 5.68. The minimum Gasteiger partial charge on any atom is -0.302 e. The summed E-state index contributed by atoms with van der Waals surface area (Å²) in [6, 6.07) is 10.2. The Hall–Kier alpha value is -2.67. The van der Waals surface area contributed by atoms with Gasteiger partial charge in [-0.1, -0.05) is 6.07 Å². The van der Waals surface area contributed by atoms with Gasteiger partial charge >= 0.3 is 0 Å². The highest BCUT2D eigenvalue weighted by Crippen LogP contribution is 2.30. The number of nitrogens with zero attached hydrogens (tertiary/aromatic N) is 4. The lowest BCUT2D eigenvalue weighted by atomic mass is 10.0. The summed E-state index contributed by atoms with van der Waals surface area (Å²) in [5.74, 6) is -0.227. The van der Waals surface area contributed by atoms with Crippen LogP contribution < -0.4 is 0 Å². The fourth-order valence-electron chi connectivity index (χ4n) is 2.42. The zero-order chi connectivity index (χ0) is 14.1. The molecule has 0 aromatic carbocycles. The molecule has 3 rings (SSSR count). The number of aryl methyl sites for hydroxylation is 1. The lowest BCUT2D eigenvalue weighted by molar-refractivity contribution is 0.898. The van der Waals surface area contributed by atoms with Gasteiger partial charge in [0.1, 0.15) is 5.65 Å². The average Bonchev–Trinajstić information content (AvgIpc) is 2.88. The van der Waals surface area contributed by atoms with Gasteiger partial charge in [-0.2, -0.15) is 5.26 Å². The summed E-state index contributed by atoms with van der Waals surface area (Å²) in [6.07, 6.45) is 5.45. The van der Waals surface area contributed by atoms with Gasteiger partial charge in [-0.05, 0) is 37.6 Å². The second-order valence-corrected chi connectivity index (χ2v) is 4.82. The molecular formula is C16H14N4. The van der Waals surface area contributed by atoms with Crippen LogP contribution >= 0.6 is 0 Å². The van der Waals surface area contributed by atoms with Crippen molar-refractivity contribution in [2.75, 3.05) is 0 Å². The van der Waals surface area contributed by atoms with Crippen molar-refractivity contribution in [2.45, 2.75) is 19.8 Å². The molecule has 0 amide bonds. The van der Waals surface area contributed by atoms with Gasteiger partial charge in [-0.3, -0.25) is 4.98 Å². The second-order valence-electron chi connectivity index (χ2n) is 4.82. The van der Waals surface area contributed by atoms with E-state index in [0.717, 1.165) is 28.2 Å². The summed E-state index contributed by atoms with van der Waals surface area (Å²) in [4.78, 5) is 8.77. The topological polar surface area (TPSA) is 54.0 Å². The zero-order valence-electron chi connectivity index (χ0n) is 11.4. The Labute approximate surface area is 117 Å². The summed E-state index contributed by atoms with van der Waals surface area (Å²) in [7, 11) is 0. The third-order valence-electron chi connectivity index (χ3n) is 3.44. The normalized spacial score (nSPS) is 12.2. The van der Waals surface area contributed by atoms with Crippen molar-refractivity contribution >= 4 is 5.65 Å². The van der Waals surface area contributed by atoms with Crippen molar-refractivity contribution in [3.8, 4) is 17.3 Å². The lowest BCUT2D eigenvalue weighted by Crippen LogP contribution is -1.98. The summed E-state index contributed by atoms with van der Waals surface area (Å²) < 4.78 is 2.01. The number of aromatic nitrogens is 3. The molecule has 4 nitrogen and oxygen atoms in total. The smallest absolute Gasteiger partial charge is 0.140 e. The summed E-state index contributed by atoms with van der Waals surface area (Å²) in [5, 5.41) is 9.30. The molecule has 0 saturated carbocycles. The predicted molar refractivity (Wildman–Crippen MR) is 77.2 cm³/mol. The Balaban J connectivity index is 2.37. The Morgan fingerprint density at radius 3 is 2.70 bits per heavy atom. The maximum atomic E-state index is 9.30. The molecule has 0 saturated heterocycles. The zero-order valence-corrected chi connectivity index (χ0v) is 11.4. The highest BCUT2D eigenvalue weighted by atomic mass is 15.0. The molecular weight excluding hydrogens is 248 g/mol. The van der Waals surface area contributed by atoms with Crippen molar-refractivity contribution in [3.05, 3.63) is 54.1 Å². The first-order valence-corrected chi connectivity index (χ1v) is 6.50. The number of hydrogen-bond acceptors (Lipinski definition) is 3. The molecule has 0 bridgehead atoms. The highest BCUT2D eigenvalue weighted by Gasteiger charge is 2.19. The SMILES string of the molecule is Cc1cccn2c(C(C)C#N)c(-c3ccncc3)nc12. The number of pyridine rings is 2. The number of rotatable bonds is 2. The first kappa shape index (κ1) is 12.4. The van der Waals surface area contributed by atoms with Gasteiger partial charge in [-0.15, -0.1) is 0 Å². The van der Waals surface area contributed by atoms with Crippen LogP contribution in [0.15, 0.2) is 42.9 Å². The third-order valence-corrected chi connectivity index (χ3v) is 3.44. The van der Waals surface area contributed by atoms with Crippen LogP contribution in [0.3, 0.4) is 0 Å². The Morgan fingerprint density at radius 2 is 2.00 bits per heavy atom. The molecule has 98 valence electrons. The molecule has 0 radical (unpaired) electrons. The van der Waals surface area contributed by atoms with Gasteiger partial charge in [0.05, 0.1) is 23.4 Å². The van der Waals surface area contributed by atoms with E-state index >= 15 is 0 Å². The maximum absolute atomic E-state index is 9.30. The van der Waals surface area contributed by atoms with E-state index in [1.165, 1.54) is 0 Å². The first-order chi connectivity index (χ1) is 9.72. The Bertz CT molecular complexity index is 796. The van der Waals surface area contributed by atoms with E-state index in [4.69, 9.17) is 4.98 Å². The van der Waals surface area contributed by atoms with E-state index < -0.39 is 0 Å². The summed E-state index contributed by atoms with van der Waals surface area (Å²) >= 11 is 0. The van der Waals surface area contributed by atoms with E-state index in [-0.39, 0.29) is 5.92 Å². The van der Waals surface area contributed by atoms with E-state index in [1.807, 2.05) is 48.7 Å². The van der Waals surface area contributed by atoms with Crippen LogP contribution in [0, 0.1) is 18.3 Å². The molecule has 3 heterocycles. The van der Waals surface area contributed by atoms with E-state index in [0.29, 0.717) is 0 Å². The molecule has 0 spiro atoms. The molecule has 20 heavy (non-hydrogen) atoms. The molecule has 0 aliphatic heterocycles. The molecule has 0 fully saturated rings. The molecule has 1 atom stereocenters. The molecule has 0 aliphatic carbocycles. The van der Waals surface area contributed by atoms with E-state index in [2.05, 4.69) is 11.1 Å². The number of fused-ring (bicyclic) bond motifs is 1. The second kappa shape index (κ2) is 4.78. The largest absolute Gasteiger partial charge is 0.302 e. The number of hydrogen-bond donors (Lipinski definition) is 0. The van der Waals surface area contributed by atoms with Crippen LogP contribution in [0.25, 0.3) is 16.9 Å². The number of nitriles is 1. The predicted octanol–water partition coefficient (Wildman–Crippen LogP) is 3.33. The van der Waals surface area contributed by atoms with Gasteiger partial charge in [0.2, 0.25) is 0 Å². The van der Waals surface area contributed by atoms with E-state index in [1.54, 1.807) is 12.4 Å². The standard InChI is InChI=1S/C16H14N4/c1-11-4-3-9-20-15(12(2)10-17)14(19-16(11)20)13-5-7-18-8-6-13/h3-9,12H,1-2H3. The fourth-order valence-corrected chi connectivity index (χ4v) is 2.42. The average molecular weight is 262 g/mol. The minimum absolute atomic E-state index is 0.227. The molecule has 4 heteroatoms. The van der Waals surface area contributed by atoms with Crippen LogP contribution in [0.5, 0.6) is 0 Å². The molecule has 3 aromatic rings. The van der Waals surface area contributed by atoms with Gasteiger partial charge in [-0.25, -0.2) is 4.98 Å². The fraction of sp³-hybridized carbons (Fsp3) is 0.188. The van der Waals surface area contributed by atoms with Crippen LogP contribution in [0.4, 0.5) is 0 Å². The van der Waals surface area contributed by atoms with Crippen LogP contribution in [-0.2, 0) is 0 Å². The molecule has 1 unspecified atom stereocenters. The van der Waals surface area contributed by atoms with Gasteiger partial charge in [0, 0.05) is 24.2 Å². The van der Waals surface area contributed by atoms with Gasteiger partial charge < -0.3 is 4.40 Å². The molecule has 3 aromatic heterocycles. The monoisotopic (exact) mass is 262 g/mol. The van der Waals surface area contributed by atoms with Crippen LogP contribution in [0.2, 0.25) is 0 Å². The van der Waals surface area contributed by atoms with Gasteiger partial charge in [0.25, 0.3) is 0 Å². The Kier molecular flexibility index (Phi) is 2.96. The van der Waals surface area contributed by atoms with Crippen LogP contribution in [0.1, 0.15) is 24.1 Å². The maximum Gasteiger partial charge on any atom is 0.140 e. The van der Waals surface area contributed by atoms with Crippen molar-refractivity contribution in [1.82, 2.24) is 14.4 Å². The van der Waals surface area contributed by atoms with Crippen molar-refractivity contribution in [2.24, 2.45) is 0 Å². The minimum atomic E-state index is -0.227. The Morgan fingerprint density at radius 1 is 1.25 bits per heavy atom. The van der Waals surface area contributed by atoms with Crippen molar-refractivity contribution in [1.29, 1.82) is 5.26 Å². The van der Waals surface area contributed by atoms with Gasteiger partial charge in [0.15, 0.2) is 0 Å². The summed E-state index contributed by atoms with van der Waals surface area (Å²) in [6.45, 7) is 3.93. The first-order valence-electron chi connectivity index (χ1n) is 6.50. The summed E-state index contributed by atoms with van der Waals surface area (Å²) in [5.41, 5.74) is 4.77. The quantitative estimate of drug-likeness (QED) is 0.711. The molecule has 0 aliphatic rings. The van der Waals surface area contributed by atoms with Crippen molar-refractivity contribution < 1.29 is 0 Å². The third kappa shape index (κ3) is 1.84. The lowest BCUT2D eigenvalue weighted by Gasteiger charge is -2.06. The van der Waals surface area contributed by atoms with Crippen LogP contribution in [-0.4, -0.2) is 14.4 Å².